The molecule has 0 aliphatic carbocycles. The first-order valence-corrected chi connectivity index (χ1v) is 14.0. The van der Waals surface area contributed by atoms with Crippen molar-refractivity contribution in [1.82, 2.24) is 9.47 Å². The molecule has 6 nitrogen and oxygen atoms in total. The van der Waals surface area contributed by atoms with Crippen molar-refractivity contribution < 1.29 is 18.3 Å². The molecule has 0 radical (unpaired) electrons. The lowest BCUT2D eigenvalue weighted by Crippen LogP contribution is -2.23. The number of hydrogen-bond acceptors (Lipinski definition) is 6. The highest BCUT2D eigenvalue weighted by Crippen LogP contribution is 2.39. The zero-order valence-corrected chi connectivity index (χ0v) is 23.5. The van der Waals surface area contributed by atoms with Gasteiger partial charge in [0.2, 0.25) is 5.43 Å². The largest absolute Gasteiger partial charge is 0.462 e. The zero-order chi connectivity index (χ0) is 29.1. The highest BCUT2D eigenvalue weighted by atomic mass is 32.1. The van der Waals surface area contributed by atoms with Crippen LogP contribution < -0.4 is 11.2 Å². The summed E-state index contributed by atoms with van der Waals surface area (Å²) in [7, 11) is 1.95. The fraction of sp³-hybridized carbons (Fsp3) is 0.188. The van der Waals surface area contributed by atoms with Crippen molar-refractivity contribution in [3.8, 4) is 10.4 Å². The van der Waals surface area contributed by atoms with Crippen molar-refractivity contribution in [2.24, 2.45) is 0 Å². The number of carbonyl (C=O) groups excluding carboxylic acids is 1. The Bertz CT molecular complexity index is 1750. The molecular weight excluding hydrogens is 544 g/mol. The summed E-state index contributed by atoms with van der Waals surface area (Å²) < 4.78 is 36.2. The van der Waals surface area contributed by atoms with Gasteiger partial charge in [-0.15, -0.1) is 11.3 Å². The SMILES string of the molecule is CCOC(=O)c1cn(Cc2c(F)cccc2F)c2sc(-c3ccc(N)cc3)c(CN(C)Cc3ccccc3)c2c1=O. The number of nitrogens with two attached hydrogens (primary N) is 1. The molecule has 2 N–H and O–H groups in total. The van der Waals surface area contributed by atoms with Crippen molar-refractivity contribution >= 4 is 33.2 Å². The molecule has 0 bridgehead atoms. The minimum atomic E-state index is -0.786. The van der Waals surface area contributed by atoms with Crippen LogP contribution in [0, 0.1) is 11.6 Å². The summed E-state index contributed by atoms with van der Waals surface area (Å²) in [5.74, 6) is -2.22. The summed E-state index contributed by atoms with van der Waals surface area (Å²) >= 11 is 1.34. The van der Waals surface area contributed by atoms with Crippen molar-refractivity contribution in [2.75, 3.05) is 19.4 Å². The van der Waals surface area contributed by atoms with Crippen LogP contribution in [-0.4, -0.2) is 29.1 Å². The molecule has 5 rings (SSSR count). The maximum absolute atomic E-state index is 14.7. The average molecular weight is 574 g/mol. The first-order chi connectivity index (χ1) is 19.8. The van der Waals surface area contributed by atoms with Crippen molar-refractivity contribution in [1.29, 1.82) is 0 Å². The van der Waals surface area contributed by atoms with Crippen molar-refractivity contribution in [2.45, 2.75) is 26.6 Å². The number of nitrogen functional groups attached to an aromatic ring is 1. The molecule has 0 aliphatic heterocycles. The number of anilines is 1. The Kier molecular flexibility index (Phi) is 8.28. The van der Waals surface area contributed by atoms with Crippen LogP contribution in [0.25, 0.3) is 20.7 Å². The predicted octanol–water partition coefficient (Wildman–Crippen LogP) is 6.45. The zero-order valence-electron chi connectivity index (χ0n) is 22.7. The van der Waals surface area contributed by atoms with E-state index in [1.54, 1.807) is 23.6 Å². The summed E-state index contributed by atoms with van der Waals surface area (Å²) in [6.07, 6.45) is 1.34. The standard InChI is InChI=1S/C32H29F2N3O3S/c1-3-40-32(39)25-19-37(18-23-26(33)10-7-11-27(23)34)31-28(29(25)38)24(17-36(2)16-20-8-5-4-6-9-20)30(41-31)21-12-14-22(35)15-13-21/h4-15,19H,3,16-18,35H2,1-2H3. The fourth-order valence-corrected chi connectivity index (χ4v) is 6.15. The molecule has 0 saturated carbocycles. The minimum Gasteiger partial charge on any atom is -0.462 e. The van der Waals surface area contributed by atoms with Crippen molar-refractivity contribution in [3.63, 3.8) is 0 Å². The summed E-state index contributed by atoms with van der Waals surface area (Å²) in [6, 6.07) is 20.9. The number of rotatable bonds is 9. The number of nitrogens with zero attached hydrogens (tertiary/aromatic N) is 2. The second kappa shape index (κ2) is 12.0. The number of esters is 1. The first-order valence-electron chi connectivity index (χ1n) is 13.1. The smallest absolute Gasteiger partial charge is 0.343 e. The summed E-state index contributed by atoms with van der Waals surface area (Å²) in [4.78, 5) is 30.3. The maximum atomic E-state index is 14.7. The van der Waals surface area contributed by atoms with Gasteiger partial charge in [-0.05, 0) is 54.9 Å². The van der Waals surface area contributed by atoms with Gasteiger partial charge in [-0.3, -0.25) is 9.69 Å². The summed E-state index contributed by atoms with van der Waals surface area (Å²) in [6.45, 7) is 2.50. The first kappa shape index (κ1) is 28.2. The van der Waals surface area contributed by atoms with Gasteiger partial charge >= 0.3 is 5.97 Å². The fourth-order valence-electron chi connectivity index (χ4n) is 4.86. The molecular formula is C32H29F2N3O3S. The number of hydrogen-bond donors (Lipinski definition) is 1. The van der Waals surface area contributed by atoms with E-state index >= 15 is 0 Å². The van der Waals surface area contributed by atoms with Gasteiger partial charge < -0.3 is 15.0 Å². The van der Waals surface area contributed by atoms with E-state index in [4.69, 9.17) is 10.5 Å². The van der Waals surface area contributed by atoms with Crippen LogP contribution in [0.5, 0.6) is 0 Å². The van der Waals surface area contributed by atoms with Crippen LogP contribution in [0.15, 0.2) is 83.8 Å². The molecule has 5 aromatic rings. The van der Waals surface area contributed by atoms with Gasteiger partial charge in [-0.2, -0.15) is 0 Å². The number of pyridine rings is 1. The minimum absolute atomic E-state index is 0.0746. The number of carbonyl (C=O) groups is 1. The van der Waals surface area contributed by atoms with E-state index in [1.165, 1.54) is 35.7 Å². The van der Waals surface area contributed by atoms with E-state index in [2.05, 4.69) is 4.90 Å². The van der Waals surface area contributed by atoms with E-state index in [0.29, 0.717) is 34.6 Å². The summed E-state index contributed by atoms with van der Waals surface area (Å²) in [5.41, 5.74) is 8.35. The molecule has 0 aliphatic rings. The molecule has 210 valence electrons. The van der Waals surface area contributed by atoms with E-state index in [-0.39, 0.29) is 24.3 Å². The topological polar surface area (TPSA) is 77.6 Å². The number of fused-ring (bicyclic) bond motifs is 1. The maximum Gasteiger partial charge on any atom is 0.343 e. The van der Waals surface area contributed by atoms with Gasteiger partial charge in [0.25, 0.3) is 0 Å². The molecule has 2 aromatic heterocycles. The van der Waals surface area contributed by atoms with Gasteiger partial charge in [0.05, 0.1) is 18.5 Å². The van der Waals surface area contributed by atoms with E-state index in [9.17, 15) is 18.4 Å². The third-order valence-corrected chi connectivity index (χ3v) is 8.11. The molecule has 0 saturated heterocycles. The molecule has 0 amide bonds. The van der Waals surface area contributed by atoms with Crippen LogP contribution in [0.4, 0.5) is 14.5 Å². The monoisotopic (exact) mass is 573 g/mol. The molecule has 0 fully saturated rings. The van der Waals surface area contributed by atoms with E-state index in [0.717, 1.165) is 16.0 Å². The van der Waals surface area contributed by atoms with Crippen LogP contribution >= 0.6 is 11.3 Å². The highest BCUT2D eigenvalue weighted by Gasteiger charge is 2.25. The third kappa shape index (κ3) is 5.91. The molecule has 9 heteroatoms. The lowest BCUT2D eigenvalue weighted by atomic mass is 10.0. The molecule has 41 heavy (non-hydrogen) atoms. The number of thiophene rings is 1. The Hall–Kier alpha value is -4.34. The van der Waals surface area contributed by atoms with Gasteiger partial charge in [0.1, 0.15) is 22.0 Å². The van der Waals surface area contributed by atoms with E-state index < -0.39 is 23.0 Å². The molecule has 0 unspecified atom stereocenters. The Morgan fingerprint density at radius 2 is 1.63 bits per heavy atom. The summed E-state index contributed by atoms with van der Waals surface area (Å²) in [5, 5.41) is 0.323. The predicted molar refractivity (Wildman–Crippen MR) is 159 cm³/mol. The molecule has 2 heterocycles. The molecule has 3 aromatic carbocycles. The van der Waals surface area contributed by atoms with Crippen LogP contribution in [0.3, 0.4) is 0 Å². The lowest BCUT2D eigenvalue weighted by Gasteiger charge is -2.18. The van der Waals surface area contributed by atoms with E-state index in [1.807, 2.05) is 49.5 Å². The Labute approximate surface area is 240 Å². The number of aromatic nitrogens is 1. The Balaban J connectivity index is 1.74. The van der Waals surface area contributed by atoms with Crippen LogP contribution in [0.1, 0.15) is 34.0 Å². The average Bonchev–Trinajstić information content (AvgIpc) is 3.32. The highest BCUT2D eigenvalue weighted by molar-refractivity contribution is 7.22. The van der Waals surface area contributed by atoms with Crippen LogP contribution in [-0.2, 0) is 24.4 Å². The number of benzene rings is 3. The second-order valence-electron chi connectivity index (χ2n) is 9.79. The van der Waals surface area contributed by atoms with Gasteiger partial charge in [0, 0.05) is 35.4 Å². The normalized spacial score (nSPS) is 11.3. The molecule has 0 atom stereocenters. The number of halogens is 2. The van der Waals surface area contributed by atoms with Gasteiger partial charge in [-0.25, -0.2) is 13.6 Å². The number of ether oxygens (including phenoxy) is 1. The lowest BCUT2D eigenvalue weighted by molar-refractivity contribution is 0.0524. The van der Waals surface area contributed by atoms with Crippen molar-refractivity contribution in [3.05, 3.63) is 123 Å². The third-order valence-electron chi connectivity index (χ3n) is 6.79. The van der Waals surface area contributed by atoms with Crippen LogP contribution in [0.2, 0.25) is 0 Å². The Morgan fingerprint density at radius 3 is 2.29 bits per heavy atom. The van der Waals surface area contributed by atoms with Gasteiger partial charge in [-0.1, -0.05) is 48.5 Å². The van der Waals surface area contributed by atoms with Gasteiger partial charge in [0.15, 0.2) is 0 Å². The second-order valence-corrected chi connectivity index (χ2v) is 10.8. The Morgan fingerprint density at radius 1 is 0.951 bits per heavy atom. The quantitative estimate of drug-likeness (QED) is 0.162. The molecule has 0 spiro atoms.